The average Bonchev–Trinajstić information content (AvgIpc) is 0.823. The topological polar surface area (TPSA) is 258 Å². The van der Waals surface area contributed by atoms with Crippen molar-refractivity contribution < 1.29 is 101 Å². The Balaban J connectivity index is 1.63. The van der Waals surface area contributed by atoms with E-state index >= 15 is 0 Å². The maximum atomic E-state index is 13.4. The summed E-state index contributed by atoms with van der Waals surface area (Å²) in [4.78, 5) is 89.4. The highest BCUT2D eigenvalue weighted by molar-refractivity contribution is 7.46. The number of carbonyl (C=O) groups is 5. The fraction of sp³-hybridized carbons (Fsp3) is 0.785. The lowest BCUT2D eigenvalue weighted by Crippen LogP contribution is -2.37. The van der Waals surface area contributed by atoms with Gasteiger partial charge in [-0.2, -0.15) is 0 Å². The van der Waals surface area contributed by atoms with Crippen molar-refractivity contribution in [2.45, 2.75) is 296 Å². The maximum absolute atomic E-state index is 13.4. The van der Waals surface area contributed by atoms with Gasteiger partial charge in [-0.25, -0.2) is 0 Å². The van der Waals surface area contributed by atoms with Crippen LogP contribution >= 0.6 is 15.6 Å². The van der Waals surface area contributed by atoms with Crippen LogP contribution in [0.3, 0.4) is 0 Å². The van der Waals surface area contributed by atoms with Gasteiger partial charge in [0.25, 0.3) is 15.6 Å². The van der Waals surface area contributed by atoms with Crippen LogP contribution in [0.5, 0.6) is 11.5 Å². The zero-order chi connectivity index (χ0) is 76.6. The van der Waals surface area contributed by atoms with Crippen molar-refractivity contribution >= 4 is 45.3 Å². The van der Waals surface area contributed by atoms with Gasteiger partial charge in [-0.05, 0) is 87.0 Å². The largest absolute Gasteiger partial charge is 0.756 e. The highest BCUT2D eigenvalue weighted by atomic mass is 31.2. The molecule has 0 spiro atoms. The van der Waals surface area contributed by atoms with Crippen LogP contribution < -0.4 is 19.3 Å². The number of hydrogen-bond acceptors (Lipinski definition) is 19. The van der Waals surface area contributed by atoms with Gasteiger partial charge in [0, 0.05) is 36.8 Å². The van der Waals surface area contributed by atoms with Gasteiger partial charge in [0.15, 0.2) is 18.0 Å². The fourth-order valence-corrected chi connectivity index (χ4v) is 12.5. The smallest absolute Gasteiger partial charge is 0.306 e. The number of nitrogens with zero attached hydrogens (tertiary/aromatic N) is 2. The second-order valence-electron chi connectivity index (χ2n) is 29.4. The molecule has 23 heteroatoms. The summed E-state index contributed by atoms with van der Waals surface area (Å²) in [6.45, 7) is 4.32. The Morgan fingerprint density at radius 3 is 0.922 bits per heavy atom. The average molecular weight is 1490 g/mol. The van der Waals surface area contributed by atoms with Gasteiger partial charge in [-0.1, -0.05) is 219 Å². The first-order valence-corrected chi connectivity index (χ1v) is 42.2. The zero-order valence-electron chi connectivity index (χ0n) is 66.4. The molecule has 4 atom stereocenters. The minimum atomic E-state index is -4.69. The molecule has 0 radical (unpaired) electrons. The van der Waals surface area contributed by atoms with Crippen molar-refractivity contribution in [1.29, 1.82) is 0 Å². The van der Waals surface area contributed by atoms with Crippen LogP contribution in [-0.2, 0) is 65.4 Å². The minimum absolute atomic E-state index is 0.0730. The van der Waals surface area contributed by atoms with Gasteiger partial charge in [-0.15, -0.1) is 0 Å². The molecule has 2 unspecified atom stereocenters. The zero-order valence-corrected chi connectivity index (χ0v) is 66.2. The van der Waals surface area contributed by atoms with E-state index in [1.165, 1.54) is 102 Å². The second-order valence-corrected chi connectivity index (χ2v) is 32.2. The van der Waals surface area contributed by atoms with Crippen molar-refractivity contribution in [2.75, 3.05) is 108 Å². The van der Waals surface area contributed by atoms with Crippen LogP contribution in [0.4, 0.5) is 0 Å². The number of quaternary nitrogens is 2. The van der Waals surface area contributed by atoms with Crippen LogP contribution in [0, 0.1) is 0 Å². The Morgan fingerprint density at radius 2 is 0.637 bits per heavy atom. The summed E-state index contributed by atoms with van der Waals surface area (Å²) < 4.78 is 97.1. The standard InChI is InChI=1S/C79H138N2O19P2/c1-9-11-13-15-17-19-21-23-31-37-43-49-77(84)99-73(67-97-101(87,88)95-63-59-80(3,4)5)65-93-75(82)47-41-35-29-25-27-33-39-45-61-91-71-55-51-69(52-56-71)79(86)70-53-57-72(58-54-70)92-62-46-40-34-28-26-30-36-42-48-76(83)94-66-74(68-98-102(89,90)96-64-60-81(6,7)8)100-78(85)50-44-38-32-24-22-20-18-16-14-12-10-2/h51-58,73-74H,9-50,59-68H2,1-8H3/t73-,74-/m1/s1/i55T,57T. The van der Waals surface area contributed by atoms with Crippen LogP contribution in [0.25, 0.3) is 0 Å². The number of ketones is 1. The highest BCUT2D eigenvalue weighted by Gasteiger charge is 2.24. The van der Waals surface area contributed by atoms with E-state index in [0.29, 0.717) is 83.6 Å². The van der Waals surface area contributed by atoms with E-state index in [0.717, 1.165) is 128 Å². The van der Waals surface area contributed by atoms with Crippen molar-refractivity contribution in [3.05, 3.63) is 59.6 Å². The normalized spacial score (nSPS) is 13.9. The molecule has 588 valence electrons. The first kappa shape index (κ1) is 90.1. The number of phosphoric acid groups is 2. The molecule has 0 aliphatic carbocycles. The highest BCUT2D eigenvalue weighted by Crippen LogP contribution is 2.39. The summed E-state index contributed by atoms with van der Waals surface area (Å²) in [5, 5.41) is 0. The van der Waals surface area contributed by atoms with Gasteiger partial charge >= 0.3 is 23.9 Å². The first-order valence-electron chi connectivity index (χ1n) is 40.2. The fourth-order valence-electron chi connectivity index (χ4n) is 11.1. The quantitative estimate of drug-likeness (QED) is 0.0149. The van der Waals surface area contributed by atoms with Gasteiger partial charge in [-0.3, -0.25) is 33.1 Å². The molecule has 0 heterocycles. The molecule has 0 N–H and O–H groups in total. The summed E-state index contributed by atoms with van der Waals surface area (Å²) in [6, 6.07) is 9.70. The molecular formula is C79H138N2O19P2. The van der Waals surface area contributed by atoms with Crippen LogP contribution in [0.15, 0.2) is 48.5 Å². The summed E-state index contributed by atoms with van der Waals surface area (Å²) in [5.74, 6) is -1.45. The molecule has 102 heavy (non-hydrogen) atoms. The van der Waals surface area contributed by atoms with Crippen molar-refractivity contribution in [2.24, 2.45) is 0 Å². The Kier molecular flexibility index (Phi) is 52.0. The molecule has 2 rings (SSSR count). The summed E-state index contributed by atoms with van der Waals surface area (Å²) in [5.41, 5.74) is 0.643. The lowest BCUT2D eigenvalue weighted by Gasteiger charge is -2.28. The van der Waals surface area contributed by atoms with Gasteiger partial charge in [0.2, 0.25) is 0 Å². The number of ether oxygens (including phenoxy) is 6. The minimum Gasteiger partial charge on any atom is -0.756 e. The van der Waals surface area contributed by atoms with E-state index in [4.69, 9.17) is 49.3 Å². The van der Waals surface area contributed by atoms with E-state index in [9.17, 15) is 42.9 Å². The van der Waals surface area contributed by atoms with E-state index in [1.807, 2.05) is 42.3 Å². The molecular weight excluding hydrogens is 1340 g/mol. The Labute approximate surface area is 618 Å². The van der Waals surface area contributed by atoms with Crippen molar-refractivity contribution in [3.63, 3.8) is 0 Å². The number of likely N-dealkylation sites (N-methyl/N-ethyl adjacent to an activating group) is 2. The molecule has 0 bridgehead atoms. The number of benzene rings is 2. The lowest BCUT2D eigenvalue weighted by molar-refractivity contribution is -0.870. The molecule has 21 nitrogen and oxygen atoms in total. The van der Waals surface area contributed by atoms with Crippen molar-refractivity contribution in [1.82, 2.24) is 0 Å². The monoisotopic (exact) mass is 1480 g/mol. The second kappa shape index (κ2) is 58.9. The SMILES string of the molecule is [3H]c1cc(C(=O)c2ccc(OCCCCCCCCCCC(=O)OC[C@H](COP(=O)([O-])OCC[N+](C)(C)C)OC(=O)CCCCCCCCCCCCC)c([3H])c2)ccc1OCCCCCCCCCCC(=O)OC[C@H](COP(=O)([O-])OCC[N+](C)(C)C)OC(=O)CCCCCCCCCCCCC. The third kappa shape index (κ3) is 56.1. The Bertz CT molecular complexity index is 2540. The number of rotatable bonds is 70. The number of hydrogen-bond donors (Lipinski definition) is 0. The van der Waals surface area contributed by atoms with Crippen LogP contribution in [0.2, 0.25) is 0 Å². The van der Waals surface area contributed by atoms with E-state index in [2.05, 4.69) is 13.8 Å². The molecule has 2 aromatic rings. The molecule has 0 aliphatic rings. The molecule has 0 aromatic heterocycles. The molecule has 0 aliphatic heterocycles. The Morgan fingerprint density at radius 1 is 0.363 bits per heavy atom. The Hall–Kier alpha value is -4.27. The predicted octanol–water partition coefficient (Wildman–Crippen LogP) is 17.4. The van der Waals surface area contributed by atoms with Gasteiger partial charge in [0.05, 0.1) is 71.5 Å². The molecule has 0 saturated heterocycles. The van der Waals surface area contributed by atoms with Gasteiger partial charge < -0.3 is 65.3 Å². The molecule has 2 aromatic carbocycles. The summed E-state index contributed by atoms with van der Waals surface area (Å²) >= 11 is 0. The van der Waals surface area contributed by atoms with E-state index < -0.39 is 64.9 Å². The van der Waals surface area contributed by atoms with Crippen LogP contribution in [0.1, 0.15) is 302 Å². The van der Waals surface area contributed by atoms with Crippen molar-refractivity contribution in [3.8, 4) is 11.5 Å². The lowest BCUT2D eigenvalue weighted by atomic mass is 10.0. The third-order valence-corrected chi connectivity index (χ3v) is 19.4. The predicted molar refractivity (Wildman–Crippen MR) is 399 cm³/mol. The summed E-state index contributed by atoms with van der Waals surface area (Å²) in [6.07, 6.45) is 37.9. The third-order valence-electron chi connectivity index (χ3n) is 17.4. The number of esters is 4. The number of unbranched alkanes of at least 4 members (excludes halogenated alkanes) is 34. The number of carbonyl (C=O) groups excluding carboxylic acids is 5. The number of phosphoric ester groups is 2. The molecule has 0 amide bonds. The van der Waals surface area contributed by atoms with Crippen LogP contribution in [-0.4, -0.2) is 159 Å². The maximum Gasteiger partial charge on any atom is 0.306 e. The first-order chi connectivity index (χ1) is 49.7. The van der Waals surface area contributed by atoms with E-state index in [-0.39, 0.29) is 70.0 Å². The van der Waals surface area contributed by atoms with Gasteiger partial charge in [0.1, 0.15) is 51.0 Å². The molecule has 0 saturated carbocycles. The van der Waals surface area contributed by atoms with E-state index in [1.54, 1.807) is 24.3 Å². The summed E-state index contributed by atoms with van der Waals surface area (Å²) in [7, 11) is 2.05. The molecule has 0 fully saturated rings.